The number of aromatic nitrogens is 3. The van der Waals surface area contributed by atoms with Crippen molar-refractivity contribution >= 4 is 45.1 Å². The fourth-order valence-corrected chi connectivity index (χ4v) is 3.36. The molecule has 23 heavy (non-hydrogen) atoms. The summed E-state index contributed by atoms with van der Waals surface area (Å²) in [7, 11) is 1.76. The van der Waals surface area contributed by atoms with E-state index in [2.05, 4.69) is 15.4 Å². The molecule has 0 fully saturated rings. The molecule has 5 nitrogen and oxygen atoms in total. The lowest BCUT2D eigenvalue weighted by Gasteiger charge is -1.98. The minimum atomic E-state index is -0.191. The van der Waals surface area contributed by atoms with Gasteiger partial charge in [-0.1, -0.05) is 23.7 Å². The number of benzene rings is 1. The van der Waals surface area contributed by atoms with Crippen LogP contribution < -0.4 is 5.32 Å². The van der Waals surface area contributed by atoms with Gasteiger partial charge in [0.05, 0.1) is 22.5 Å². The highest BCUT2D eigenvalue weighted by atomic mass is 35.5. The number of hydrogen-bond acceptors (Lipinski definition) is 4. The van der Waals surface area contributed by atoms with E-state index in [9.17, 15) is 4.79 Å². The van der Waals surface area contributed by atoms with Crippen molar-refractivity contribution in [2.24, 2.45) is 7.05 Å². The van der Waals surface area contributed by atoms with Crippen LogP contribution >= 0.6 is 22.9 Å². The maximum atomic E-state index is 11.9. The van der Waals surface area contributed by atoms with Crippen LogP contribution in [0.2, 0.25) is 5.15 Å². The molecule has 0 saturated heterocycles. The highest BCUT2D eigenvalue weighted by Gasteiger charge is 2.09. The van der Waals surface area contributed by atoms with Crippen LogP contribution in [0.15, 0.2) is 30.3 Å². The molecule has 0 aliphatic rings. The van der Waals surface area contributed by atoms with Crippen LogP contribution in [0.3, 0.4) is 0 Å². The molecule has 0 bridgehead atoms. The number of para-hydroxylation sites is 1. The normalized spacial score (nSPS) is 11.4. The Balaban J connectivity index is 1.64. The molecule has 0 aliphatic carbocycles. The van der Waals surface area contributed by atoms with Crippen molar-refractivity contribution < 1.29 is 4.79 Å². The summed E-state index contributed by atoms with van der Waals surface area (Å²) in [6.07, 6.45) is 3.14. The van der Waals surface area contributed by atoms with E-state index in [1.54, 1.807) is 29.1 Å². The second-order valence-corrected chi connectivity index (χ2v) is 6.51. The number of carbonyl (C=O) groups excluding carboxylic acids is 1. The van der Waals surface area contributed by atoms with E-state index in [-0.39, 0.29) is 5.91 Å². The first-order valence-electron chi connectivity index (χ1n) is 7.04. The lowest BCUT2D eigenvalue weighted by molar-refractivity contribution is -0.116. The third-order valence-electron chi connectivity index (χ3n) is 3.35. The van der Waals surface area contributed by atoms with Gasteiger partial charge in [-0.15, -0.1) is 11.3 Å². The van der Waals surface area contributed by atoms with Gasteiger partial charge in [0.2, 0.25) is 5.91 Å². The van der Waals surface area contributed by atoms with Crippen molar-refractivity contribution in [3.63, 3.8) is 0 Å². The van der Waals surface area contributed by atoms with Gasteiger partial charge in [-0.25, -0.2) is 4.98 Å². The number of fused-ring (bicyclic) bond motifs is 1. The van der Waals surface area contributed by atoms with Crippen LogP contribution in [-0.2, 0) is 18.4 Å². The van der Waals surface area contributed by atoms with Crippen molar-refractivity contribution in [2.75, 3.05) is 0 Å². The molecule has 0 saturated carbocycles. The SMILES string of the molecule is Cc1nn(C)c(Cl)c1/C=C/C(=O)NCc1nc2ccccc2s1. The Labute approximate surface area is 142 Å². The van der Waals surface area contributed by atoms with Crippen LogP contribution in [0.5, 0.6) is 0 Å². The molecule has 1 N–H and O–H groups in total. The average Bonchev–Trinajstić information content (AvgIpc) is 3.05. The number of hydrogen-bond donors (Lipinski definition) is 1. The summed E-state index contributed by atoms with van der Waals surface area (Å²) in [6.45, 7) is 2.26. The van der Waals surface area contributed by atoms with Crippen LogP contribution in [0.1, 0.15) is 16.3 Å². The Hall–Kier alpha value is -2.18. The first-order valence-corrected chi connectivity index (χ1v) is 8.23. The summed E-state index contributed by atoms with van der Waals surface area (Å²) >= 11 is 7.70. The van der Waals surface area contributed by atoms with E-state index in [1.807, 2.05) is 31.2 Å². The Bertz CT molecular complexity index is 864. The second kappa shape index (κ2) is 6.52. The maximum absolute atomic E-state index is 11.9. The number of aryl methyl sites for hydroxylation is 2. The molecule has 0 radical (unpaired) electrons. The molecule has 118 valence electrons. The molecule has 3 rings (SSSR count). The summed E-state index contributed by atoms with van der Waals surface area (Å²) in [6, 6.07) is 7.91. The summed E-state index contributed by atoms with van der Waals surface area (Å²) < 4.78 is 2.69. The van der Waals surface area contributed by atoms with Gasteiger partial charge in [0.1, 0.15) is 10.2 Å². The van der Waals surface area contributed by atoms with Crippen molar-refractivity contribution in [3.8, 4) is 0 Å². The van der Waals surface area contributed by atoms with Gasteiger partial charge in [0.15, 0.2) is 0 Å². The first-order chi connectivity index (χ1) is 11.0. The van der Waals surface area contributed by atoms with E-state index < -0.39 is 0 Å². The van der Waals surface area contributed by atoms with E-state index in [1.165, 1.54) is 6.08 Å². The fraction of sp³-hybridized carbons (Fsp3) is 0.188. The van der Waals surface area contributed by atoms with E-state index >= 15 is 0 Å². The smallest absolute Gasteiger partial charge is 0.244 e. The summed E-state index contributed by atoms with van der Waals surface area (Å²) in [5.41, 5.74) is 2.49. The molecule has 1 aromatic carbocycles. The Kier molecular flexibility index (Phi) is 4.45. The van der Waals surface area contributed by atoms with Crippen LogP contribution in [0.25, 0.3) is 16.3 Å². The number of rotatable bonds is 4. The third kappa shape index (κ3) is 3.43. The number of nitrogens with zero attached hydrogens (tertiary/aromatic N) is 3. The summed E-state index contributed by atoms with van der Waals surface area (Å²) in [5.74, 6) is -0.191. The van der Waals surface area contributed by atoms with Crippen molar-refractivity contribution in [1.29, 1.82) is 0 Å². The molecule has 2 aromatic heterocycles. The van der Waals surface area contributed by atoms with Crippen LogP contribution in [0, 0.1) is 6.92 Å². The highest BCUT2D eigenvalue weighted by molar-refractivity contribution is 7.18. The zero-order valence-electron chi connectivity index (χ0n) is 12.7. The first kappa shape index (κ1) is 15.7. The number of halogens is 1. The molecular weight excluding hydrogens is 332 g/mol. The maximum Gasteiger partial charge on any atom is 0.244 e. The molecule has 0 spiro atoms. The Morgan fingerprint density at radius 2 is 2.22 bits per heavy atom. The predicted octanol–water partition coefficient (Wildman–Crippen LogP) is 3.32. The average molecular weight is 347 g/mol. The van der Waals surface area contributed by atoms with Crippen molar-refractivity contribution in [1.82, 2.24) is 20.1 Å². The van der Waals surface area contributed by atoms with Crippen LogP contribution in [0.4, 0.5) is 0 Å². The Morgan fingerprint density at radius 1 is 1.43 bits per heavy atom. The zero-order valence-corrected chi connectivity index (χ0v) is 14.3. The van der Waals surface area contributed by atoms with Gasteiger partial charge in [-0.3, -0.25) is 9.48 Å². The Morgan fingerprint density at radius 3 is 2.91 bits per heavy atom. The quantitative estimate of drug-likeness (QED) is 0.737. The minimum absolute atomic E-state index is 0.191. The van der Waals surface area contributed by atoms with Gasteiger partial charge in [0.25, 0.3) is 0 Å². The summed E-state index contributed by atoms with van der Waals surface area (Å²) in [5, 5.41) is 8.42. The fourth-order valence-electron chi connectivity index (χ4n) is 2.21. The lowest BCUT2D eigenvalue weighted by Crippen LogP contribution is -2.20. The molecular formula is C16H15ClN4OS. The topological polar surface area (TPSA) is 59.8 Å². The molecule has 3 aromatic rings. The number of amides is 1. The highest BCUT2D eigenvalue weighted by Crippen LogP contribution is 2.21. The van der Waals surface area contributed by atoms with Crippen molar-refractivity contribution in [3.05, 3.63) is 51.8 Å². The van der Waals surface area contributed by atoms with E-state index in [0.29, 0.717) is 11.7 Å². The zero-order chi connectivity index (χ0) is 16.4. The molecule has 0 atom stereocenters. The number of carbonyl (C=O) groups is 1. The third-order valence-corrected chi connectivity index (χ3v) is 4.83. The molecule has 1 amide bonds. The monoisotopic (exact) mass is 346 g/mol. The van der Waals surface area contributed by atoms with Gasteiger partial charge in [0, 0.05) is 18.7 Å². The predicted molar refractivity (Wildman–Crippen MR) is 93.5 cm³/mol. The van der Waals surface area contributed by atoms with Gasteiger partial charge in [-0.05, 0) is 25.1 Å². The molecule has 2 heterocycles. The molecule has 0 aliphatic heterocycles. The van der Waals surface area contributed by atoms with Gasteiger partial charge < -0.3 is 5.32 Å². The van der Waals surface area contributed by atoms with E-state index in [0.717, 1.165) is 26.5 Å². The largest absolute Gasteiger partial charge is 0.346 e. The second-order valence-electron chi connectivity index (χ2n) is 5.04. The standard InChI is InChI=1S/C16H15ClN4OS/c1-10-11(16(17)21(2)20-10)7-8-14(22)18-9-15-19-12-5-3-4-6-13(12)23-15/h3-8H,9H2,1-2H3,(H,18,22)/b8-7+. The summed E-state index contributed by atoms with van der Waals surface area (Å²) in [4.78, 5) is 16.4. The lowest BCUT2D eigenvalue weighted by atomic mass is 10.2. The molecule has 0 unspecified atom stereocenters. The number of nitrogens with one attached hydrogen (secondary N) is 1. The van der Waals surface area contributed by atoms with E-state index in [4.69, 9.17) is 11.6 Å². The van der Waals surface area contributed by atoms with Crippen LogP contribution in [-0.4, -0.2) is 20.7 Å². The van der Waals surface area contributed by atoms with Gasteiger partial charge >= 0.3 is 0 Å². The van der Waals surface area contributed by atoms with Gasteiger partial charge in [-0.2, -0.15) is 5.10 Å². The minimum Gasteiger partial charge on any atom is -0.346 e. The molecule has 7 heteroatoms. The van der Waals surface area contributed by atoms with Crippen molar-refractivity contribution in [2.45, 2.75) is 13.5 Å². The number of thiazole rings is 1.